The van der Waals surface area contributed by atoms with Gasteiger partial charge < -0.3 is 11.1 Å². The lowest BCUT2D eigenvalue weighted by atomic mass is 10.1. The van der Waals surface area contributed by atoms with E-state index in [2.05, 4.69) is 5.32 Å². The van der Waals surface area contributed by atoms with Crippen molar-refractivity contribution in [3.8, 4) is 0 Å². The zero-order chi connectivity index (χ0) is 21.8. The Hall–Kier alpha value is -2.58. The van der Waals surface area contributed by atoms with E-state index >= 15 is 0 Å². The molecule has 0 aromatic heterocycles. The molecule has 0 atom stereocenters. The molecule has 2 rings (SSSR count). The third kappa shape index (κ3) is 5.71. The molecule has 0 aliphatic carbocycles. The number of nitrogens with one attached hydrogen (secondary N) is 1. The Morgan fingerprint density at radius 2 is 1.76 bits per heavy atom. The fourth-order valence-electron chi connectivity index (χ4n) is 2.97. The molecule has 0 saturated heterocycles. The second-order valence-corrected chi connectivity index (χ2v) is 9.03. The average molecular weight is 438 g/mol. The summed E-state index contributed by atoms with van der Waals surface area (Å²) >= 11 is 6.11. The van der Waals surface area contributed by atoms with Crippen LogP contribution in [0.5, 0.6) is 0 Å². The second-order valence-electron chi connectivity index (χ2n) is 6.71. The van der Waals surface area contributed by atoms with E-state index in [1.165, 1.54) is 4.31 Å². The second kappa shape index (κ2) is 9.28. The molecular formula is C20H24ClN3O4S. The van der Waals surface area contributed by atoms with E-state index in [0.29, 0.717) is 39.5 Å². The van der Waals surface area contributed by atoms with Crippen LogP contribution in [0.4, 0.5) is 11.4 Å². The third-order valence-electron chi connectivity index (χ3n) is 4.55. The van der Waals surface area contributed by atoms with Gasteiger partial charge in [0.25, 0.3) is 0 Å². The number of benzene rings is 2. The van der Waals surface area contributed by atoms with Gasteiger partial charge in [-0.25, -0.2) is 8.42 Å². The summed E-state index contributed by atoms with van der Waals surface area (Å²) in [6, 6.07) is 9.96. The standard InChI is InChI=1S/C20H24ClN3O4S/c1-13-15(20(22)26)7-4-9-17(13)23-19(25)11-6-12-24(29(3,27)28)18-10-5-8-16(21)14(18)2/h4-5,7-10H,6,11-12H2,1-3H3,(H2,22,26)(H,23,25). The highest BCUT2D eigenvalue weighted by atomic mass is 35.5. The molecule has 9 heteroatoms. The quantitative estimate of drug-likeness (QED) is 0.660. The first-order chi connectivity index (χ1) is 13.5. The molecule has 0 fully saturated rings. The minimum absolute atomic E-state index is 0.103. The van der Waals surface area contributed by atoms with Crippen molar-refractivity contribution in [3.63, 3.8) is 0 Å². The third-order valence-corrected chi connectivity index (χ3v) is 6.14. The number of amides is 2. The van der Waals surface area contributed by atoms with Crippen molar-refractivity contribution in [1.82, 2.24) is 0 Å². The number of carbonyl (C=O) groups is 2. The molecule has 2 aromatic carbocycles. The highest BCUT2D eigenvalue weighted by molar-refractivity contribution is 7.92. The van der Waals surface area contributed by atoms with Gasteiger partial charge in [0.15, 0.2) is 0 Å². The van der Waals surface area contributed by atoms with E-state index in [1.807, 2.05) is 0 Å². The molecule has 3 N–H and O–H groups in total. The predicted octanol–water partition coefficient (Wildman–Crippen LogP) is 3.24. The summed E-state index contributed by atoms with van der Waals surface area (Å²) in [5, 5.41) is 3.21. The first-order valence-electron chi connectivity index (χ1n) is 8.94. The Labute approximate surface area is 175 Å². The monoisotopic (exact) mass is 437 g/mol. The zero-order valence-electron chi connectivity index (χ0n) is 16.5. The Balaban J connectivity index is 2.07. The maximum absolute atomic E-state index is 12.3. The first kappa shape index (κ1) is 22.7. The Morgan fingerprint density at radius 3 is 2.38 bits per heavy atom. The molecular weight excluding hydrogens is 414 g/mol. The molecule has 2 amide bonds. The van der Waals surface area contributed by atoms with Crippen LogP contribution in [0.3, 0.4) is 0 Å². The summed E-state index contributed by atoms with van der Waals surface area (Å²) < 4.78 is 25.7. The average Bonchev–Trinajstić information content (AvgIpc) is 2.62. The number of sulfonamides is 1. The molecule has 0 heterocycles. The van der Waals surface area contributed by atoms with Gasteiger partial charge in [-0.1, -0.05) is 23.7 Å². The number of rotatable bonds is 8. The van der Waals surface area contributed by atoms with Crippen LogP contribution in [0.25, 0.3) is 0 Å². The number of hydrogen-bond acceptors (Lipinski definition) is 4. The van der Waals surface area contributed by atoms with Crippen LogP contribution in [0.2, 0.25) is 5.02 Å². The highest BCUT2D eigenvalue weighted by Gasteiger charge is 2.20. The van der Waals surface area contributed by atoms with Crippen molar-refractivity contribution in [2.45, 2.75) is 26.7 Å². The normalized spacial score (nSPS) is 11.2. The van der Waals surface area contributed by atoms with Crippen molar-refractivity contribution in [3.05, 3.63) is 58.1 Å². The van der Waals surface area contributed by atoms with Crippen LogP contribution in [-0.2, 0) is 14.8 Å². The van der Waals surface area contributed by atoms with E-state index < -0.39 is 15.9 Å². The van der Waals surface area contributed by atoms with Crippen LogP contribution in [0.1, 0.15) is 34.3 Å². The number of anilines is 2. The number of carbonyl (C=O) groups excluding carboxylic acids is 2. The van der Waals surface area contributed by atoms with Crippen LogP contribution in [-0.4, -0.2) is 33.0 Å². The first-order valence-corrected chi connectivity index (χ1v) is 11.2. The van der Waals surface area contributed by atoms with Gasteiger partial charge in [0.05, 0.1) is 11.9 Å². The molecule has 0 aliphatic rings. The van der Waals surface area contributed by atoms with E-state index in [-0.39, 0.29) is 18.9 Å². The molecule has 0 radical (unpaired) electrons. The smallest absolute Gasteiger partial charge is 0.249 e. The van der Waals surface area contributed by atoms with Gasteiger partial charge in [0.2, 0.25) is 21.8 Å². The largest absolute Gasteiger partial charge is 0.366 e. The van der Waals surface area contributed by atoms with Crippen LogP contribution in [0.15, 0.2) is 36.4 Å². The summed E-state index contributed by atoms with van der Waals surface area (Å²) in [5.74, 6) is -0.856. The fraction of sp³-hybridized carbons (Fsp3) is 0.300. The lowest BCUT2D eigenvalue weighted by Gasteiger charge is -2.24. The van der Waals surface area contributed by atoms with Gasteiger partial charge in [-0.2, -0.15) is 0 Å². The van der Waals surface area contributed by atoms with Crippen LogP contribution in [0, 0.1) is 13.8 Å². The highest BCUT2D eigenvalue weighted by Crippen LogP contribution is 2.28. The summed E-state index contributed by atoms with van der Waals surface area (Å²) in [5.41, 5.74) is 7.89. The molecule has 0 spiro atoms. The zero-order valence-corrected chi connectivity index (χ0v) is 18.1. The number of nitrogens with zero attached hydrogens (tertiary/aromatic N) is 1. The lowest BCUT2D eigenvalue weighted by Crippen LogP contribution is -2.32. The minimum Gasteiger partial charge on any atom is -0.366 e. The van der Waals surface area contributed by atoms with Gasteiger partial charge in [-0.3, -0.25) is 13.9 Å². The summed E-state index contributed by atoms with van der Waals surface area (Å²) in [6.45, 7) is 3.58. The summed E-state index contributed by atoms with van der Waals surface area (Å²) in [6.07, 6.45) is 1.53. The molecule has 2 aromatic rings. The Bertz CT molecular complexity index is 1040. The maximum Gasteiger partial charge on any atom is 0.249 e. The van der Waals surface area contributed by atoms with Crippen molar-refractivity contribution in [2.24, 2.45) is 5.73 Å². The van der Waals surface area contributed by atoms with E-state index in [4.69, 9.17) is 17.3 Å². The fourth-order valence-corrected chi connectivity index (χ4v) is 4.15. The van der Waals surface area contributed by atoms with E-state index in [9.17, 15) is 18.0 Å². The molecule has 0 bridgehead atoms. The van der Waals surface area contributed by atoms with Crippen molar-refractivity contribution >= 4 is 44.8 Å². The van der Waals surface area contributed by atoms with Crippen LogP contribution >= 0.6 is 11.6 Å². The predicted molar refractivity (Wildman–Crippen MR) is 116 cm³/mol. The Morgan fingerprint density at radius 1 is 1.10 bits per heavy atom. The number of hydrogen-bond donors (Lipinski definition) is 2. The number of nitrogens with two attached hydrogens (primary N) is 1. The van der Waals surface area contributed by atoms with Crippen LogP contribution < -0.4 is 15.4 Å². The van der Waals surface area contributed by atoms with Gasteiger partial charge in [-0.05, 0) is 55.7 Å². The molecule has 7 nitrogen and oxygen atoms in total. The van der Waals surface area contributed by atoms with Gasteiger partial charge >= 0.3 is 0 Å². The molecule has 0 unspecified atom stereocenters. The van der Waals surface area contributed by atoms with Gasteiger partial charge in [0.1, 0.15) is 0 Å². The van der Waals surface area contributed by atoms with E-state index in [0.717, 1.165) is 6.26 Å². The van der Waals surface area contributed by atoms with Gasteiger partial charge in [-0.15, -0.1) is 0 Å². The summed E-state index contributed by atoms with van der Waals surface area (Å²) in [7, 11) is -3.54. The van der Waals surface area contributed by atoms with Crippen molar-refractivity contribution < 1.29 is 18.0 Å². The van der Waals surface area contributed by atoms with Crippen molar-refractivity contribution in [2.75, 3.05) is 22.4 Å². The number of primary amides is 1. The SMILES string of the molecule is Cc1c(NC(=O)CCCN(c2cccc(Cl)c2C)S(C)(=O)=O)cccc1C(N)=O. The van der Waals surface area contributed by atoms with Gasteiger partial charge in [0, 0.05) is 29.2 Å². The molecule has 0 saturated carbocycles. The molecule has 156 valence electrons. The van der Waals surface area contributed by atoms with E-state index in [1.54, 1.807) is 50.2 Å². The Kier molecular flexibility index (Phi) is 7.26. The summed E-state index contributed by atoms with van der Waals surface area (Å²) in [4.78, 5) is 23.7. The van der Waals surface area contributed by atoms with Crippen molar-refractivity contribution in [1.29, 1.82) is 0 Å². The minimum atomic E-state index is -3.54. The molecule has 29 heavy (non-hydrogen) atoms. The topological polar surface area (TPSA) is 110 Å². The maximum atomic E-state index is 12.3. The number of halogens is 1. The lowest BCUT2D eigenvalue weighted by molar-refractivity contribution is -0.116. The molecule has 0 aliphatic heterocycles.